The van der Waals surface area contributed by atoms with Gasteiger partial charge in [0.25, 0.3) is 5.56 Å². The molecule has 0 bridgehead atoms. The minimum Gasteiger partial charge on any atom is -0.479 e. The van der Waals surface area contributed by atoms with E-state index in [2.05, 4.69) is 26.0 Å². The maximum atomic E-state index is 13.1. The molecule has 0 fully saturated rings. The van der Waals surface area contributed by atoms with E-state index in [0.717, 1.165) is 4.68 Å². The first-order chi connectivity index (χ1) is 15.2. The van der Waals surface area contributed by atoms with Crippen molar-refractivity contribution in [2.24, 2.45) is 5.10 Å². The van der Waals surface area contributed by atoms with Crippen molar-refractivity contribution in [2.75, 3.05) is 0 Å². The molecule has 32 heavy (non-hydrogen) atoms. The van der Waals surface area contributed by atoms with Crippen LogP contribution < -0.4 is 10.3 Å². The van der Waals surface area contributed by atoms with E-state index in [-0.39, 0.29) is 11.3 Å². The summed E-state index contributed by atoms with van der Waals surface area (Å²) in [5, 5.41) is 25.2. The Kier molecular flexibility index (Phi) is 6.98. The van der Waals surface area contributed by atoms with Crippen molar-refractivity contribution < 1.29 is 19.6 Å². The van der Waals surface area contributed by atoms with E-state index < -0.39 is 28.2 Å². The van der Waals surface area contributed by atoms with Gasteiger partial charge in [0.1, 0.15) is 5.82 Å². The number of hydrogen-bond acceptors (Lipinski definition) is 7. The molecule has 0 spiro atoms. The predicted octanol–water partition coefficient (Wildman–Crippen LogP) is 3.75. The summed E-state index contributed by atoms with van der Waals surface area (Å²) < 4.78 is 7.19. The highest BCUT2D eigenvalue weighted by atomic mass is 79.9. The lowest BCUT2D eigenvalue weighted by atomic mass is 10.2. The topological polar surface area (TPSA) is 137 Å². The van der Waals surface area contributed by atoms with Crippen LogP contribution in [-0.2, 0) is 11.2 Å². The molecule has 10 nitrogen and oxygen atoms in total. The number of carbonyl (C=O) groups is 1. The van der Waals surface area contributed by atoms with Crippen LogP contribution in [0.4, 0.5) is 5.69 Å². The lowest BCUT2D eigenvalue weighted by Gasteiger charge is -2.13. The van der Waals surface area contributed by atoms with Gasteiger partial charge >= 0.3 is 11.7 Å². The molecule has 2 aromatic carbocycles. The third-order valence-electron chi connectivity index (χ3n) is 4.53. The second kappa shape index (κ2) is 9.69. The maximum Gasteiger partial charge on any atom is 0.344 e. The van der Waals surface area contributed by atoms with Gasteiger partial charge in [-0.3, -0.25) is 14.9 Å². The van der Waals surface area contributed by atoms with Gasteiger partial charge in [0.05, 0.1) is 22.0 Å². The SMILES string of the molecule is CCCc1nc2ccc(Br)cc2c(=O)n1N=Cc1cccc([N+](=O)[O-])c1O[C@@H](C)C(=O)O. The summed E-state index contributed by atoms with van der Waals surface area (Å²) in [5.74, 6) is -1.11. The van der Waals surface area contributed by atoms with Crippen molar-refractivity contribution >= 4 is 44.7 Å². The van der Waals surface area contributed by atoms with Crippen LogP contribution in [0, 0.1) is 10.1 Å². The summed E-state index contributed by atoms with van der Waals surface area (Å²) >= 11 is 3.34. The van der Waals surface area contributed by atoms with Crippen molar-refractivity contribution in [2.45, 2.75) is 32.8 Å². The molecule has 1 aromatic heterocycles. The number of fused-ring (bicyclic) bond motifs is 1. The highest BCUT2D eigenvalue weighted by molar-refractivity contribution is 9.10. The third kappa shape index (κ3) is 4.83. The largest absolute Gasteiger partial charge is 0.479 e. The van der Waals surface area contributed by atoms with Gasteiger partial charge in [0.2, 0.25) is 5.75 Å². The van der Waals surface area contributed by atoms with Crippen molar-refractivity contribution in [3.05, 3.63) is 72.7 Å². The highest BCUT2D eigenvalue weighted by Gasteiger charge is 2.23. The molecule has 0 radical (unpaired) electrons. The van der Waals surface area contributed by atoms with Gasteiger partial charge in [-0.2, -0.15) is 9.78 Å². The Balaban J connectivity index is 2.16. The molecular weight excluding hydrogens is 484 g/mol. The molecule has 0 unspecified atom stereocenters. The molecule has 0 saturated heterocycles. The average Bonchev–Trinajstić information content (AvgIpc) is 2.74. The van der Waals surface area contributed by atoms with Gasteiger partial charge in [-0.25, -0.2) is 9.78 Å². The van der Waals surface area contributed by atoms with Gasteiger partial charge in [0, 0.05) is 22.5 Å². The van der Waals surface area contributed by atoms with Gasteiger partial charge in [-0.1, -0.05) is 28.9 Å². The second-order valence-electron chi connectivity index (χ2n) is 6.85. The Morgan fingerprint density at radius 2 is 2.16 bits per heavy atom. The molecule has 1 heterocycles. The summed E-state index contributed by atoms with van der Waals surface area (Å²) in [7, 11) is 0. The van der Waals surface area contributed by atoms with Crippen molar-refractivity contribution in [1.82, 2.24) is 9.66 Å². The number of carboxylic acid groups (broad SMARTS) is 1. The van der Waals surface area contributed by atoms with E-state index in [1.54, 1.807) is 18.2 Å². The summed E-state index contributed by atoms with van der Waals surface area (Å²) in [6, 6.07) is 9.26. The van der Waals surface area contributed by atoms with E-state index in [0.29, 0.717) is 34.0 Å². The van der Waals surface area contributed by atoms with Crippen LogP contribution in [0.5, 0.6) is 5.75 Å². The predicted molar refractivity (Wildman–Crippen MR) is 122 cm³/mol. The number of rotatable bonds is 8. The zero-order valence-corrected chi connectivity index (χ0v) is 18.8. The number of nitro benzene ring substituents is 1. The zero-order chi connectivity index (χ0) is 23.4. The van der Waals surface area contributed by atoms with Crippen LogP contribution >= 0.6 is 15.9 Å². The van der Waals surface area contributed by atoms with E-state index >= 15 is 0 Å². The molecule has 11 heteroatoms. The monoisotopic (exact) mass is 502 g/mol. The third-order valence-corrected chi connectivity index (χ3v) is 5.02. The number of nitrogens with zero attached hydrogens (tertiary/aromatic N) is 4. The molecule has 3 rings (SSSR count). The summed E-state index contributed by atoms with van der Waals surface area (Å²) in [4.78, 5) is 39.6. The number of para-hydroxylation sites is 1. The standard InChI is InChI=1S/C21H19BrN4O6/c1-3-5-18-24-16-9-8-14(22)10-15(16)20(27)25(18)23-11-13-6-4-7-17(26(30)31)19(13)32-12(2)21(28)29/h4,6-12H,3,5H2,1-2H3,(H,28,29)/t12-/m0/s1. The highest BCUT2D eigenvalue weighted by Crippen LogP contribution is 2.31. The molecular formula is C21H19BrN4O6. The maximum absolute atomic E-state index is 13.1. The number of aromatic nitrogens is 2. The number of hydrogen-bond donors (Lipinski definition) is 1. The fraction of sp³-hybridized carbons (Fsp3) is 0.238. The molecule has 3 aromatic rings. The first kappa shape index (κ1) is 23.1. The Bertz CT molecular complexity index is 1290. The fourth-order valence-corrected chi connectivity index (χ4v) is 3.32. The van der Waals surface area contributed by atoms with Crippen LogP contribution in [0.15, 0.2) is 50.8 Å². The van der Waals surface area contributed by atoms with Crippen molar-refractivity contribution in [1.29, 1.82) is 0 Å². The van der Waals surface area contributed by atoms with Gasteiger partial charge in [-0.15, -0.1) is 0 Å². The van der Waals surface area contributed by atoms with E-state index in [4.69, 9.17) is 9.84 Å². The molecule has 166 valence electrons. The minimum absolute atomic E-state index is 0.149. The minimum atomic E-state index is -1.33. The van der Waals surface area contributed by atoms with Crippen molar-refractivity contribution in [3.8, 4) is 5.75 Å². The lowest BCUT2D eigenvalue weighted by molar-refractivity contribution is -0.386. The van der Waals surface area contributed by atoms with Crippen LogP contribution in [0.25, 0.3) is 10.9 Å². The molecule has 0 saturated carbocycles. The lowest BCUT2D eigenvalue weighted by Crippen LogP contribution is -2.24. The second-order valence-corrected chi connectivity index (χ2v) is 7.77. The normalized spacial score (nSPS) is 12.2. The molecule has 0 aliphatic carbocycles. The number of benzene rings is 2. The average molecular weight is 503 g/mol. The van der Waals surface area contributed by atoms with E-state index in [1.807, 2.05) is 6.92 Å². The summed E-state index contributed by atoms with van der Waals surface area (Å²) in [6.07, 6.45) is 1.09. The quantitative estimate of drug-likeness (QED) is 0.281. The van der Waals surface area contributed by atoms with Crippen LogP contribution in [0.2, 0.25) is 0 Å². The smallest absolute Gasteiger partial charge is 0.344 e. The Morgan fingerprint density at radius 1 is 1.41 bits per heavy atom. The molecule has 0 aliphatic heterocycles. The number of nitro groups is 1. The first-order valence-electron chi connectivity index (χ1n) is 9.65. The molecule has 0 amide bonds. The van der Waals surface area contributed by atoms with Gasteiger partial charge in [-0.05, 0) is 37.6 Å². The first-order valence-corrected chi connectivity index (χ1v) is 10.4. The summed E-state index contributed by atoms with van der Waals surface area (Å²) in [5.41, 5.74) is -0.134. The number of halogens is 1. The zero-order valence-electron chi connectivity index (χ0n) is 17.2. The Hall–Kier alpha value is -3.60. The van der Waals surface area contributed by atoms with Crippen LogP contribution in [0.1, 0.15) is 31.7 Å². The Labute approximate surface area is 190 Å². The molecule has 1 N–H and O–H groups in total. The van der Waals surface area contributed by atoms with Gasteiger partial charge in [0.15, 0.2) is 6.10 Å². The van der Waals surface area contributed by atoms with Crippen LogP contribution in [0.3, 0.4) is 0 Å². The van der Waals surface area contributed by atoms with E-state index in [1.165, 1.54) is 31.3 Å². The number of ether oxygens (including phenoxy) is 1. The number of carboxylic acids is 1. The Morgan fingerprint density at radius 3 is 2.81 bits per heavy atom. The number of aryl methyl sites for hydroxylation is 1. The molecule has 0 aliphatic rings. The van der Waals surface area contributed by atoms with Crippen molar-refractivity contribution in [3.63, 3.8) is 0 Å². The summed E-state index contributed by atoms with van der Waals surface area (Å²) in [6.45, 7) is 3.20. The fourth-order valence-electron chi connectivity index (χ4n) is 2.96. The number of aliphatic carboxylic acids is 1. The molecule has 1 atom stereocenters. The van der Waals surface area contributed by atoms with Crippen LogP contribution in [-0.4, -0.2) is 38.0 Å². The van der Waals surface area contributed by atoms with Gasteiger partial charge < -0.3 is 9.84 Å². The van der Waals surface area contributed by atoms with E-state index in [9.17, 15) is 19.7 Å².